The summed E-state index contributed by atoms with van der Waals surface area (Å²) in [6.45, 7) is 6.26. The molecule has 2 atom stereocenters. The van der Waals surface area contributed by atoms with Gasteiger partial charge in [-0.2, -0.15) is 0 Å². The Morgan fingerprint density at radius 3 is 2.28 bits per heavy atom. The van der Waals surface area contributed by atoms with Gasteiger partial charge in [0.1, 0.15) is 0 Å². The van der Waals surface area contributed by atoms with Crippen molar-refractivity contribution in [3.63, 3.8) is 0 Å². The van der Waals surface area contributed by atoms with Crippen LogP contribution in [0, 0.1) is 0 Å². The Morgan fingerprint density at radius 1 is 0.969 bits per heavy atom. The maximum atomic E-state index is 13.5. The molecule has 1 amide bonds. The van der Waals surface area contributed by atoms with Crippen molar-refractivity contribution in [2.24, 2.45) is 0 Å². The van der Waals surface area contributed by atoms with Gasteiger partial charge < -0.3 is 10.0 Å². The number of carbonyl (C=O) groups is 2. The van der Waals surface area contributed by atoms with Crippen LogP contribution in [0.15, 0.2) is 73.1 Å². The van der Waals surface area contributed by atoms with Gasteiger partial charge in [-0.15, -0.1) is 0 Å². The molecule has 6 heteroatoms. The van der Waals surface area contributed by atoms with Crippen LogP contribution in [0.25, 0.3) is 11.1 Å². The fraction of sp³-hybridized carbons (Fsp3) is 0.269. The first kappa shape index (κ1) is 21.7. The van der Waals surface area contributed by atoms with E-state index in [0.29, 0.717) is 18.7 Å². The predicted molar refractivity (Wildman–Crippen MR) is 123 cm³/mol. The van der Waals surface area contributed by atoms with Crippen LogP contribution in [-0.4, -0.2) is 56.9 Å². The average molecular weight is 430 g/mol. The highest BCUT2D eigenvalue weighted by atomic mass is 16.4. The second-order valence-corrected chi connectivity index (χ2v) is 8.37. The highest BCUT2D eigenvalue weighted by Gasteiger charge is 2.32. The van der Waals surface area contributed by atoms with E-state index in [4.69, 9.17) is 5.11 Å². The van der Waals surface area contributed by atoms with Crippen LogP contribution in [0.4, 0.5) is 0 Å². The summed E-state index contributed by atoms with van der Waals surface area (Å²) in [4.78, 5) is 33.1. The zero-order chi connectivity index (χ0) is 22.7. The number of pyridine rings is 1. The monoisotopic (exact) mass is 429 g/mol. The molecular weight excluding hydrogens is 402 g/mol. The molecule has 0 aliphatic carbocycles. The topological polar surface area (TPSA) is 73.7 Å². The van der Waals surface area contributed by atoms with Gasteiger partial charge in [-0.1, -0.05) is 36.4 Å². The Hall–Kier alpha value is -3.51. The van der Waals surface area contributed by atoms with Gasteiger partial charge in [-0.05, 0) is 49.2 Å². The van der Waals surface area contributed by atoms with Crippen LogP contribution in [0.5, 0.6) is 0 Å². The van der Waals surface area contributed by atoms with Crippen LogP contribution in [-0.2, 0) is 6.54 Å². The lowest BCUT2D eigenvalue weighted by Crippen LogP contribution is -2.57. The molecule has 1 N–H and O–H groups in total. The van der Waals surface area contributed by atoms with Crippen molar-refractivity contribution < 1.29 is 14.7 Å². The number of rotatable bonds is 5. The number of carbonyl (C=O) groups excluding carboxylic acids is 1. The highest BCUT2D eigenvalue weighted by molar-refractivity contribution is 6.01. The second-order valence-electron chi connectivity index (χ2n) is 8.37. The van der Waals surface area contributed by atoms with E-state index in [-0.39, 0.29) is 23.6 Å². The van der Waals surface area contributed by atoms with Crippen molar-refractivity contribution in [1.29, 1.82) is 0 Å². The number of hydrogen-bond donors (Lipinski definition) is 1. The second kappa shape index (κ2) is 9.32. The number of benzene rings is 2. The maximum Gasteiger partial charge on any atom is 0.335 e. The zero-order valence-corrected chi connectivity index (χ0v) is 18.3. The van der Waals surface area contributed by atoms with Gasteiger partial charge in [0.25, 0.3) is 5.91 Å². The Morgan fingerprint density at radius 2 is 1.66 bits per heavy atom. The van der Waals surface area contributed by atoms with Gasteiger partial charge >= 0.3 is 5.97 Å². The number of aromatic carboxylic acids is 1. The SMILES string of the molecule is C[C@@H]1CN(C(=O)c2ccccc2-c2cccnc2)C[C@H](C)N1Cc1ccc(C(=O)O)cc1. The average Bonchev–Trinajstić information content (AvgIpc) is 2.81. The van der Waals surface area contributed by atoms with E-state index >= 15 is 0 Å². The first-order valence-corrected chi connectivity index (χ1v) is 10.8. The van der Waals surface area contributed by atoms with Gasteiger partial charge in [-0.3, -0.25) is 14.7 Å². The van der Waals surface area contributed by atoms with Gasteiger partial charge in [-0.25, -0.2) is 4.79 Å². The van der Waals surface area contributed by atoms with Crippen molar-refractivity contribution in [1.82, 2.24) is 14.8 Å². The van der Waals surface area contributed by atoms with Gasteiger partial charge in [0, 0.05) is 55.2 Å². The zero-order valence-electron chi connectivity index (χ0n) is 18.3. The van der Waals surface area contributed by atoms with Crippen molar-refractivity contribution in [2.45, 2.75) is 32.5 Å². The minimum Gasteiger partial charge on any atom is -0.478 e. The molecule has 164 valence electrons. The lowest BCUT2D eigenvalue weighted by Gasteiger charge is -2.44. The van der Waals surface area contributed by atoms with Crippen LogP contribution in [0.1, 0.15) is 40.1 Å². The number of carboxylic acid groups (broad SMARTS) is 1. The van der Waals surface area contributed by atoms with Gasteiger partial charge in [0.2, 0.25) is 0 Å². The molecule has 0 radical (unpaired) electrons. The van der Waals surface area contributed by atoms with E-state index in [1.54, 1.807) is 24.5 Å². The number of aromatic nitrogens is 1. The standard InChI is InChI=1S/C26H27N3O3/c1-18-15-28(16-19(2)29(18)17-20-9-11-21(12-10-20)26(31)32)25(30)24-8-4-3-7-23(24)22-6-5-13-27-14-22/h3-14,18-19H,15-17H2,1-2H3,(H,31,32)/t18-,19+. The molecule has 0 spiro atoms. The van der Waals surface area contributed by atoms with Crippen LogP contribution >= 0.6 is 0 Å². The smallest absolute Gasteiger partial charge is 0.335 e. The first-order chi connectivity index (χ1) is 15.4. The Kier molecular flexibility index (Phi) is 6.32. The summed E-state index contributed by atoms with van der Waals surface area (Å²) in [7, 11) is 0. The summed E-state index contributed by atoms with van der Waals surface area (Å²) in [5.74, 6) is -0.884. The summed E-state index contributed by atoms with van der Waals surface area (Å²) >= 11 is 0. The largest absolute Gasteiger partial charge is 0.478 e. The third-order valence-corrected chi connectivity index (χ3v) is 6.08. The molecule has 1 fully saturated rings. The summed E-state index contributed by atoms with van der Waals surface area (Å²) < 4.78 is 0. The molecular formula is C26H27N3O3. The maximum absolute atomic E-state index is 13.5. The van der Waals surface area contributed by atoms with E-state index in [1.165, 1.54) is 0 Å². The van der Waals surface area contributed by atoms with Crippen LogP contribution < -0.4 is 0 Å². The molecule has 32 heavy (non-hydrogen) atoms. The molecule has 2 aromatic carbocycles. The van der Waals surface area contributed by atoms with E-state index < -0.39 is 5.97 Å². The molecule has 0 bridgehead atoms. The Bertz CT molecular complexity index is 1090. The number of piperazine rings is 1. The number of hydrogen-bond acceptors (Lipinski definition) is 4. The fourth-order valence-electron chi connectivity index (χ4n) is 4.41. The molecule has 1 aromatic heterocycles. The lowest BCUT2D eigenvalue weighted by atomic mass is 9.98. The third kappa shape index (κ3) is 4.55. The molecule has 1 saturated heterocycles. The van der Waals surface area contributed by atoms with Gasteiger partial charge in [0.15, 0.2) is 0 Å². The van der Waals surface area contributed by atoms with E-state index in [1.807, 2.05) is 53.4 Å². The summed E-state index contributed by atoms with van der Waals surface area (Å²) in [5.41, 5.74) is 3.87. The van der Waals surface area contributed by atoms with Crippen LogP contribution in [0.2, 0.25) is 0 Å². The highest BCUT2D eigenvalue weighted by Crippen LogP contribution is 2.26. The summed E-state index contributed by atoms with van der Waals surface area (Å²) in [6, 6.07) is 18.9. The normalized spacial score (nSPS) is 19.0. The van der Waals surface area contributed by atoms with Crippen LogP contribution in [0.3, 0.4) is 0 Å². The fourth-order valence-corrected chi connectivity index (χ4v) is 4.41. The minimum atomic E-state index is -0.919. The van der Waals surface area contributed by atoms with Gasteiger partial charge in [0.05, 0.1) is 5.56 Å². The third-order valence-electron chi connectivity index (χ3n) is 6.08. The van der Waals surface area contributed by atoms with E-state index in [0.717, 1.165) is 23.2 Å². The Labute approximate surface area is 188 Å². The molecule has 0 saturated carbocycles. The molecule has 3 aromatic rings. The van der Waals surface area contributed by atoms with E-state index in [2.05, 4.69) is 23.7 Å². The Balaban J connectivity index is 1.49. The molecule has 2 heterocycles. The lowest BCUT2D eigenvalue weighted by molar-refractivity contribution is 0.0270. The predicted octanol–water partition coefficient (Wildman–Crippen LogP) is 4.18. The molecule has 6 nitrogen and oxygen atoms in total. The molecule has 1 aliphatic rings. The molecule has 1 aliphatic heterocycles. The van der Waals surface area contributed by atoms with Crippen molar-refractivity contribution in [2.75, 3.05) is 13.1 Å². The number of carboxylic acids is 1. The van der Waals surface area contributed by atoms with Crippen molar-refractivity contribution in [3.8, 4) is 11.1 Å². The number of amides is 1. The molecule has 0 unspecified atom stereocenters. The summed E-state index contributed by atoms with van der Waals surface area (Å²) in [6.07, 6.45) is 3.51. The molecule has 4 rings (SSSR count). The first-order valence-electron chi connectivity index (χ1n) is 10.8. The summed E-state index contributed by atoms with van der Waals surface area (Å²) in [5, 5.41) is 9.10. The minimum absolute atomic E-state index is 0.0358. The van der Waals surface area contributed by atoms with Crippen molar-refractivity contribution >= 4 is 11.9 Å². The van der Waals surface area contributed by atoms with Crippen molar-refractivity contribution in [3.05, 3.63) is 89.7 Å². The number of nitrogens with zero attached hydrogens (tertiary/aromatic N) is 3. The van der Waals surface area contributed by atoms with E-state index in [9.17, 15) is 9.59 Å². The quantitative estimate of drug-likeness (QED) is 0.659.